The van der Waals surface area contributed by atoms with E-state index in [9.17, 15) is 9.59 Å². The van der Waals surface area contributed by atoms with Crippen molar-refractivity contribution in [1.82, 2.24) is 10.2 Å². The lowest BCUT2D eigenvalue weighted by Crippen LogP contribution is -2.32. The minimum atomic E-state index is -0.0550. The Kier molecular flexibility index (Phi) is 8.57. The summed E-state index contributed by atoms with van der Waals surface area (Å²) in [5.41, 5.74) is 7.35. The van der Waals surface area contributed by atoms with Crippen LogP contribution in [0.4, 0.5) is 10.5 Å². The second-order valence-corrected chi connectivity index (χ2v) is 6.12. The van der Waals surface area contributed by atoms with Crippen LogP contribution in [0.25, 0.3) is 0 Å². The highest BCUT2D eigenvalue weighted by Crippen LogP contribution is 2.14. The first-order valence-corrected chi connectivity index (χ1v) is 8.22. The van der Waals surface area contributed by atoms with Crippen LogP contribution in [0, 0.1) is 0 Å². The van der Waals surface area contributed by atoms with Gasteiger partial charge in [-0.3, -0.25) is 4.79 Å². The van der Waals surface area contributed by atoms with Gasteiger partial charge in [0.25, 0.3) is 0 Å². The molecule has 1 saturated heterocycles. The second-order valence-electron chi connectivity index (χ2n) is 6.12. The zero-order chi connectivity index (χ0) is 16.7. The molecule has 1 unspecified atom stereocenters. The quantitative estimate of drug-likeness (QED) is 0.733. The lowest BCUT2D eigenvalue weighted by Gasteiger charge is -2.16. The molecule has 24 heavy (non-hydrogen) atoms. The van der Waals surface area contributed by atoms with Crippen molar-refractivity contribution in [3.8, 4) is 0 Å². The summed E-state index contributed by atoms with van der Waals surface area (Å²) in [5.74, 6) is -0.00574. The molecule has 1 heterocycles. The number of amides is 3. The molecule has 0 radical (unpaired) electrons. The molecule has 1 aliphatic heterocycles. The number of halogens is 1. The van der Waals surface area contributed by atoms with Gasteiger partial charge in [-0.25, -0.2) is 4.79 Å². The molecule has 0 aromatic heterocycles. The van der Waals surface area contributed by atoms with Crippen LogP contribution in [0.2, 0.25) is 0 Å². The molecule has 4 N–H and O–H groups in total. The lowest BCUT2D eigenvalue weighted by molar-refractivity contribution is -0.121. The molecule has 7 heteroatoms. The third-order valence-electron chi connectivity index (χ3n) is 3.89. The molecule has 134 valence electrons. The molecule has 0 saturated carbocycles. The van der Waals surface area contributed by atoms with E-state index in [1.807, 2.05) is 36.1 Å². The first-order chi connectivity index (χ1) is 11.0. The fourth-order valence-corrected chi connectivity index (χ4v) is 2.53. The standard InChI is InChI=1S/C17H26N4O2.ClH/c1-13(18)7-8-16(22)19-12-14-5-4-6-15(11-14)20-17(23)21-9-2-3-10-21;/h4-6,11,13H,2-3,7-10,12,18H2,1H3,(H,19,22)(H,20,23);1H. The van der Waals surface area contributed by atoms with Gasteiger partial charge in [0, 0.05) is 37.8 Å². The predicted octanol–water partition coefficient (Wildman–Crippen LogP) is 2.48. The first kappa shape index (κ1) is 20.3. The molecular formula is C17H27ClN4O2. The Morgan fingerprint density at radius 2 is 2.00 bits per heavy atom. The number of benzene rings is 1. The van der Waals surface area contributed by atoms with E-state index >= 15 is 0 Å². The van der Waals surface area contributed by atoms with Crippen LogP contribution in [-0.4, -0.2) is 36.0 Å². The first-order valence-electron chi connectivity index (χ1n) is 8.22. The highest BCUT2D eigenvalue weighted by molar-refractivity contribution is 5.89. The number of hydrogen-bond donors (Lipinski definition) is 3. The number of urea groups is 1. The van der Waals surface area contributed by atoms with Crippen molar-refractivity contribution < 1.29 is 9.59 Å². The number of carbonyl (C=O) groups excluding carboxylic acids is 2. The minimum absolute atomic E-state index is 0. The molecule has 1 fully saturated rings. The summed E-state index contributed by atoms with van der Waals surface area (Å²) >= 11 is 0. The number of carbonyl (C=O) groups is 2. The number of nitrogens with zero attached hydrogens (tertiary/aromatic N) is 1. The van der Waals surface area contributed by atoms with E-state index in [2.05, 4.69) is 10.6 Å². The fourth-order valence-electron chi connectivity index (χ4n) is 2.53. The van der Waals surface area contributed by atoms with Crippen LogP contribution in [0.5, 0.6) is 0 Å². The number of anilines is 1. The van der Waals surface area contributed by atoms with Crippen molar-refractivity contribution in [3.05, 3.63) is 29.8 Å². The number of likely N-dealkylation sites (tertiary alicyclic amines) is 1. The average molecular weight is 355 g/mol. The Balaban J connectivity index is 0.00000288. The Morgan fingerprint density at radius 1 is 1.29 bits per heavy atom. The maximum atomic E-state index is 12.1. The Morgan fingerprint density at radius 3 is 2.67 bits per heavy atom. The van der Waals surface area contributed by atoms with Crippen LogP contribution in [0.1, 0.15) is 38.2 Å². The summed E-state index contributed by atoms with van der Waals surface area (Å²) in [5, 5.41) is 5.78. The lowest BCUT2D eigenvalue weighted by atomic mass is 10.1. The third kappa shape index (κ3) is 6.76. The Hall–Kier alpha value is -1.79. The molecule has 6 nitrogen and oxygen atoms in total. The van der Waals surface area contributed by atoms with Gasteiger partial charge in [-0.2, -0.15) is 0 Å². The van der Waals surface area contributed by atoms with E-state index in [1.165, 1.54) is 0 Å². The molecule has 2 rings (SSSR count). The van der Waals surface area contributed by atoms with Gasteiger partial charge in [0.05, 0.1) is 0 Å². The molecule has 0 bridgehead atoms. The van der Waals surface area contributed by atoms with Crippen molar-refractivity contribution in [2.75, 3.05) is 18.4 Å². The molecule has 0 aliphatic carbocycles. The van der Waals surface area contributed by atoms with Crippen LogP contribution in [-0.2, 0) is 11.3 Å². The van der Waals surface area contributed by atoms with Gasteiger partial charge >= 0.3 is 6.03 Å². The van der Waals surface area contributed by atoms with E-state index in [0.717, 1.165) is 37.2 Å². The monoisotopic (exact) mass is 354 g/mol. The fraction of sp³-hybridized carbons (Fsp3) is 0.529. The van der Waals surface area contributed by atoms with Crippen molar-refractivity contribution in [3.63, 3.8) is 0 Å². The SMILES string of the molecule is CC(N)CCC(=O)NCc1cccc(NC(=O)N2CCCC2)c1.Cl. The summed E-state index contributed by atoms with van der Waals surface area (Å²) in [4.78, 5) is 25.6. The van der Waals surface area contributed by atoms with Gasteiger partial charge in [-0.15, -0.1) is 12.4 Å². The van der Waals surface area contributed by atoms with Crippen LogP contribution < -0.4 is 16.4 Å². The molecule has 1 aromatic rings. The number of nitrogens with one attached hydrogen (secondary N) is 2. The molecular weight excluding hydrogens is 328 g/mol. The Labute approximate surface area is 149 Å². The molecule has 1 atom stereocenters. The van der Waals surface area contributed by atoms with Crippen LogP contribution in [0.3, 0.4) is 0 Å². The number of nitrogens with two attached hydrogens (primary N) is 1. The van der Waals surface area contributed by atoms with Crippen molar-refractivity contribution in [2.45, 2.75) is 45.2 Å². The summed E-state index contributed by atoms with van der Waals surface area (Å²) in [6.45, 7) is 3.98. The van der Waals surface area contributed by atoms with E-state index < -0.39 is 0 Å². The van der Waals surface area contributed by atoms with Crippen LogP contribution in [0.15, 0.2) is 24.3 Å². The third-order valence-corrected chi connectivity index (χ3v) is 3.89. The van der Waals surface area contributed by atoms with Gasteiger partial charge in [-0.05, 0) is 43.9 Å². The van der Waals surface area contributed by atoms with Crippen LogP contribution >= 0.6 is 12.4 Å². The zero-order valence-corrected chi connectivity index (χ0v) is 14.9. The summed E-state index contributed by atoms with van der Waals surface area (Å²) < 4.78 is 0. The second kappa shape index (κ2) is 10.2. The van der Waals surface area contributed by atoms with Gasteiger partial charge in [0.15, 0.2) is 0 Å². The minimum Gasteiger partial charge on any atom is -0.352 e. The van der Waals surface area contributed by atoms with Gasteiger partial charge in [-0.1, -0.05) is 12.1 Å². The molecule has 0 spiro atoms. The maximum absolute atomic E-state index is 12.1. The average Bonchev–Trinajstić information content (AvgIpc) is 3.06. The van der Waals surface area contributed by atoms with Crippen molar-refractivity contribution in [2.24, 2.45) is 5.73 Å². The molecule has 1 aromatic carbocycles. The normalized spacial score (nSPS) is 14.7. The van der Waals surface area contributed by atoms with E-state index in [0.29, 0.717) is 19.4 Å². The highest BCUT2D eigenvalue weighted by atomic mass is 35.5. The molecule has 3 amide bonds. The number of rotatable bonds is 6. The summed E-state index contributed by atoms with van der Waals surface area (Å²) in [6, 6.07) is 7.53. The maximum Gasteiger partial charge on any atom is 0.321 e. The zero-order valence-electron chi connectivity index (χ0n) is 14.1. The van der Waals surface area contributed by atoms with Gasteiger partial charge in [0.2, 0.25) is 5.91 Å². The highest BCUT2D eigenvalue weighted by Gasteiger charge is 2.17. The van der Waals surface area contributed by atoms with Gasteiger partial charge < -0.3 is 21.3 Å². The summed E-state index contributed by atoms with van der Waals surface area (Å²) in [7, 11) is 0. The smallest absolute Gasteiger partial charge is 0.321 e. The van der Waals surface area contributed by atoms with E-state index in [1.54, 1.807) is 0 Å². The van der Waals surface area contributed by atoms with Gasteiger partial charge in [0.1, 0.15) is 0 Å². The van der Waals surface area contributed by atoms with E-state index in [4.69, 9.17) is 5.73 Å². The molecule has 1 aliphatic rings. The largest absolute Gasteiger partial charge is 0.352 e. The topological polar surface area (TPSA) is 87.5 Å². The number of hydrogen-bond acceptors (Lipinski definition) is 3. The Bertz CT molecular complexity index is 545. The van der Waals surface area contributed by atoms with Crippen molar-refractivity contribution >= 4 is 30.0 Å². The summed E-state index contributed by atoms with van der Waals surface area (Å²) in [6.07, 6.45) is 3.25. The van der Waals surface area contributed by atoms with Crippen molar-refractivity contribution in [1.29, 1.82) is 0 Å². The van der Waals surface area contributed by atoms with E-state index in [-0.39, 0.29) is 30.4 Å². The predicted molar refractivity (Wildman–Crippen MR) is 98.2 cm³/mol.